The largest absolute Gasteiger partial charge is 0.497 e. The molecule has 88 valence electrons. The molecule has 0 aliphatic heterocycles. The van der Waals surface area contributed by atoms with Crippen LogP contribution in [0, 0.1) is 0 Å². The van der Waals surface area contributed by atoms with Crippen LogP contribution in [0.5, 0.6) is 5.75 Å². The first kappa shape index (κ1) is 12.5. The number of benzene rings is 1. The maximum absolute atomic E-state index is 11.2. The molecule has 0 radical (unpaired) electrons. The van der Waals surface area contributed by atoms with E-state index in [1.54, 1.807) is 14.0 Å². The fourth-order valence-corrected chi connectivity index (χ4v) is 1.37. The summed E-state index contributed by atoms with van der Waals surface area (Å²) in [6.07, 6.45) is 0.195. The Kier molecular flexibility index (Phi) is 4.79. The minimum atomic E-state index is -0.329. The van der Waals surface area contributed by atoms with Crippen LogP contribution in [0.15, 0.2) is 24.3 Å². The molecule has 0 aliphatic rings. The minimum Gasteiger partial charge on any atom is -0.497 e. The molecule has 4 nitrogen and oxygen atoms in total. The molecule has 1 atom stereocenters. The predicted molar refractivity (Wildman–Crippen MR) is 61.2 cm³/mol. The Balaban J connectivity index is 2.58. The van der Waals surface area contributed by atoms with Crippen molar-refractivity contribution in [3.8, 4) is 5.75 Å². The number of ether oxygens (including phenoxy) is 2. The first-order valence-corrected chi connectivity index (χ1v) is 5.22. The predicted octanol–water partition coefficient (Wildman–Crippen LogP) is 1.65. The second-order valence-corrected chi connectivity index (χ2v) is 3.39. The number of carbonyl (C=O) groups is 1. The molecule has 0 unspecified atom stereocenters. The normalized spacial score (nSPS) is 11.9. The van der Waals surface area contributed by atoms with Gasteiger partial charge in [-0.05, 0) is 24.6 Å². The topological polar surface area (TPSA) is 61.5 Å². The van der Waals surface area contributed by atoms with Crippen LogP contribution >= 0.6 is 0 Å². The fraction of sp³-hybridized carbons (Fsp3) is 0.417. The molecule has 0 saturated heterocycles. The second-order valence-electron chi connectivity index (χ2n) is 3.39. The quantitative estimate of drug-likeness (QED) is 0.771. The van der Waals surface area contributed by atoms with Gasteiger partial charge < -0.3 is 15.2 Å². The van der Waals surface area contributed by atoms with Gasteiger partial charge in [-0.2, -0.15) is 0 Å². The summed E-state index contributed by atoms with van der Waals surface area (Å²) in [7, 11) is 1.60. The molecular weight excluding hydrogens is 206 g/mol. The number of carbonyl (C=O) groups excluding carboxylic acids is 1. The van der Waals surface area contributed by atoms with E-state index in [2.05, 4.69) is 0 Å². The summed E-state index contributed by atoms with van der Waals surface area (Å²) < 4.78 is 9.87. The number of esters is 1. The van der Waals surface area contributed by atoms with Crippen LogP contribution in [0.2, 0.25) is 0 Å². The van der Waals surface area contributed by atoms with Gasteiger partial charge >= 0.3 is 5.97 Å². The number of hydrogen-bond acceptors (Lipinski definition) is 4. The van der Waals surface area contributed by atoms with E-state index in [4.69, 9.17) is 15.2 Å². The second kappa shape index (κ2) is 6.12. The lowest BCUT2D eigenvalue weighted by Crippen LogP contribution is -2.17. The third-order valence-corrected chi connectivity index (χ3v) is 2.24. The Bertz CT molecular complexity index is 335. The van der Waals surface area contributed by atoms with Crippen LogP contribution in [0.4, 0.5) is 0 Å². The Morgan fingerprint density at radius 1 is 1.38 bits per heavy atom. The summed E-state index contributed by atoms with van der Waals surface area (Å²) >= 11 is 0. The lowest BCUT2D eigenvalue weighted by molar-refractivity contribution is -0.143. The number of hydrogen-bond donors (Lipinski definition) is 1. The average Bonchev–Trinajstić information content (AvgIpc) is 2.29. The third kappa shape index (κ3) is 3.55. The lowest BCUT2D eigenvalue weighted by Gasteiger charge is -2.11. The summed E-state index contributed by atoms with van der Waals surface area (Å²) in [4.78, 5) is 11.2. The zero-order valence-corrected chi connectivity index (χ0v) is 9.60. The van der Waals surface area contributed by atoms with Gasteiger partial charge in [0.2, 0.25) is 0 Å². The van der Waals surface area contributed by atoms with Crippen molar-refractivity contribution >= 4 is 5.97 Å². The van der Waals surface area contributed by atoms with Crippen molar-refractivity contribution < 1.29 is 14.3 Å². The van der Waals surface area contributed by atoms with Crippen molar-refractivity contribution in [3.05, 3.63) is 29.8 Å². The van der Waals surface area contributed by atoms with Crippen LogP contribution in [0.25, 0.3) is 0 Å². The Labute approximate surface area is 95.3 Å². The molecule has 1 aromatic rings. The van der Waals surface area contributed by atoms with Crippen LogP contribution in [0.1, 0.15) is 24.9 Å². The molecule has 0 amide bonds. The van der Waals surface area contributed by atoms with Gasteiger partial charge in [-0.15, -0.1) is 0 Å². The van der Waals surface area contributed by atoms with Crippen molar-refractivity contribution in [2.75, 3.05) is 13.7 Å². The SMILES string of the molecule is CCOC(=O)C[C@@H](N)c1ccc(OC)cc1. The van der Waals surface area contributed by atoms with Crippen LogP contribution in [0.3, 0.4) is 0 Å². The molecule has 0 fully saturated rings. The summed E-state index contributed by atoms with van der Waals surface area (Å²) in [5.74, 6) is 0.498. The number of rotatable bonds is 5. The van der Waals surface area contributed by atoms with E-state index < -0.39 is 0 Å². The summed E-state index contributed by atoms with van der Waals surface area (Å²) in [5, 5.41) is 0. The van der Waals surface area contributed by atoms with E-state index in [1.165, 1.54) is 0 Å². The van der Waals surface area contributed by atoms with E-state index in [9.17, 15) is 4.79 Å². The first-order chi connectivity index (χ1) is 7.67. The van der Waals surface area contributed by atoms with Crippen molar-refractivity contribution in [2.24, 2.45) is 5.73 Å². The Morgan fingerprint density at radius 2 is 2.00 bits per heavy atom. The summed E-state index contributed by atoms with van der Waals surface area (Å²) in [6, 6.07) is 7.01. The number of nitrogens with two attached hydrogens (primary N) is 1. The molecule has 0 aliphatic carbocycles. The van der Waals surface area contributed by atoms with Crippen molar-refractivity contribution in [2.45, 2.75) is 19.4 Å². The van der Waals surface area contributed by atoms with Crippen molar-refractivity contribution in [1.29, 1.82) is 0 Å². The van der Waals surface area contributed by atoms with Crippen molar-refractivity contribution in [1.82, 2.24) is 0 Å². The molecule has 4 heteroatoms. The molecule has 16 heavy (non-hydrogen) atoms. The molecule has 0 heterocycles. The highest BCUT2D eigenvalue weighted by molar-refractivity contribution is 5.70. The zero-order chi connectivity index (χ0) is 12.0. The molecule has 0 saturated carbocycles. The summed E-state index contributed by atoms with van der Waals surface area (Å²) in [6.45, 7) is 2.16. The molecule has 2 N–H and O–H groups in total. The fourth-order valence-electron chi connectivity index (χ4n) is 1.37. The molecule has 0 spiro atoms. The minimum absolute atomic E-state index is 0.195. The van der Waals surface area contributed by atoms with Crippen LogP contribution in [-0.4, -0.2) is 19.7 Å². The summed E-state index contributed by atoms with van der Waals surface area (Å²) in [5.41, 5.74) is 6.77. The number of methoxy groups -OCH3 is 1. The maximum Gasteiger partial charge on any atom is 0.307 e. The lowest BCUT2D eigenvalue weighted by atomic mass is 10.0. The van der Waals surface area contributed by atoms with Gasteiger partial charge in [0.25, 0.3) is 0 Å². The van der Waals surface area contributed by atoms with E-state index in [-0.39, 0.29) is 18.4 Å². The van der Waals surface area contributed by atoms with Gasteiger partial charge in [0.05, 0.1) is 20.1 Å². The van der Waals surface area contributed by atoms with E-state index in [0.29, 0.717) is 6.61 Å². The van der Waals surface area contributed by atoms with Gasteiger partial charge in [-0.1, -0.05) is 12.1 Å². The Morgan fingerprint density at radius 3 is 2.50 bits per heavy atom. The maximum atomic E-state index is 11.2. The van der Waals surface area contributed by atoms with Crippen molar-refractivity contribution in [3.63, 3.8) is 0 Å². The highest BCUT2D eigenvalue weighted by atomic mass is 16.5. The van der Waals surface area contributed by atoms with Crippen LogP contribution in [-0.2, 0) is 9.53 Å². The smallest absolute Gasteiger partial charge is 0.307 e. The standard InChI is InChI=1S/C12H17NO3/c1-3-16-12(14)8-11(13)9-4-6-10(15-2)7-5-9/h4-7,11H,3,8,13H2,1-2H3/t11-/m1/s1. The molecule has 1 rings (SSSR count). The molecule has 0 bridgehead atoms. The third-order valence-electron chi connectivity index (χ3n) is 2.24. The van der Waals surface area contributed by atoms with Gasteiger partial charge in [0.15, 0.2) is 0 Å². The monoisotopic (exact) mass is 223 g/mol. The van der Waals surface area contributed by atoms with E-state index in [0.717, 1.165) is 11.3 Å². The van der Waals surface area contributed by atoms with Gasteiger partial charge in [-0.25, -0.2) is 0 Å². The van der Waals surface area contributed by atoms with Crippen LogP contribution < -0.4 is 10.5 Å². The average molecular weight is 223 g/mol. The molecule has 0 aromatic heterocycles. The molecule has 1 aromatic carbocycles. The van der Waals surface area contributed by atoms with Gasteiger partial charge in [0, 0.05) is 6.04 Å². The highest BCUT2D eigenvalue weighted by Gasteiger charge is 2.12. The van der Waals surface area contributed by atoms with Gasteiger partial charge in [-0.3, -0.25) is 4.79 Å². The Hall–Kier alpha value is -1.55. The zero-order valence-electron chi connectivity index (χ0n) is 9.60. The molecular formula is C12H17NO3. The first-order valence-electron chi connectivity index (χ1n) is 5.22. The van der Waals surface area contributed by atoms with E-state index >= 15 is 0 Å². The van der Waals surface area contributed by atoms with Gasteiger partial charge in [0.1, 0.15) is 5.75 Å². The highest BCUT2D eigenvalue weighted by Crippen LogP contribution is 2.18. The van der Waals surface area contributed by atoms with E-state index in [1.807, 2.05) is 24.3 Å².